The maximum absolute atomic E-state index is 10.4. The van der Waals surface area contributed by atoms with Gasteiger partial charge in [-0.3, -0.25) is 4.21 Å². The Morgan fingerprint density at radius 3 is 2.62 bits per heavy atom. The van der Waals surface area contributed by atoms with Gasteiger partial charge >= 0.3 is 0 Å². The Morgan fingerprint density at radius 1 is 1.62 bits per heavy atom. The van der Waals surface area contributed by atoms with E-state index in [0.717, 1.165) is 19.3 Å². The van der Waals surface area contributed by atoms with Crippen molar-refractivity contribution in [2.45, 2.75) is 33.1 Å². The summed E-state index contributed by atoms with van der Waals surface area (Å²) < 4.78 is 20.8. The van der Waals surface area contributed by atoms with Crippen molar-refractivity contribution in [2.24, 2.45) is 11.3 Å². The molecule has 0 N–H and O–H groups in total. The minimum absolute atomic E-state index is 0. The van der Waals surface area contributed by atoms with Crippen LogP contribution in [0.2, 0.25) is 0 Å². The van der Waals surface area contributed by atoms with E-state index < -0.39 is 11.1 Å². The van der Waals surface area contributed by atoms with Crippen molar-refractivity contribution < 1.29 is 41.5 Å². The van der Waals surface area contributed by atoms with Gasteiger partial charge in [-0.2, -0.15) is 12.3 Å². The maximum Gasteiger partial charge on any atom is 0 e. The summed E-state index contributed by atoms with van der Waals surface area (Å²) in [5, 5.41) is 0. The summed E-state index contributed by atoms with van der Waals surface area (Å²) in [4.78, 5) is 0. The second-order valence-electron chi connectivity index (χ2n) is 4.37. The molecular formula is C9H16O2SY-2. The molecule has 1 aliphatic rings. The summed E-state index contributed by atoms with van der Waals surface area (Å²) in [6, 6.07) is 0. The summed E-state index contributed by atoms with van der Waals surface area (Å²) in [5.41, 5.74) is 0.390. The van der Waals surface area contributed by atoms with Gasteiger partial charge in [-0.05, 0) is 5.75 Å². The van der Waals surface area contributed by atoms with Gasteiger partial charge in [-0.15, -0.1) is 0 Å². The SMILES string of the molecule is CC1(C)C[CH-]C(CS(=O)[O-])CC1.[Y]. The Morgan fingerprint density at radius 2 is 2.23 bits per heavy atom. The van der Waals surface area contributed by atoms with Crippen LogP contribution < -0.4 is 0 Å². The van der Waals surface area contributed by atoms with E-state index in [1.807, 2.05) is 0 Å². The van der Waals surface area contributed by atoms with E-state index in [9.17, 15) is 8.76 Å². The van der Waals surface area contributed by atoms with Crippen molar-refractivity contribution in [1.82, 2.24) is 0 Å². The fourth-order valence-corrected chi connectivity index (χ4v) is 2.26. The van der Waals surface area contributed by atoms with Gasteiger partial charge in [-0.1, -0.05) is 43.2 Å². The molecule has 1 aliphatic carbocycles. The molecule has 1 rings (SSSR count). The number of hydrogen-bond acceptors (Lipinski definition) is 2. The Kier molecular flexibility index (Phi) is 6.50. The Labute approximate surface area is 108 Å². The molecule has 2 unspecified atom stereocenters. The molecule has 0 bridgehead atoms. The summed E-state index contributed by atoms with van der Waals surface area (Å²) in [7, 11) is 0. The van der Waals surface area contributed by atoms with Crippen LogP contribution in [0, 0.1) is 17.8 Å². The molecule has 2 nitrogen and oxygen atoms in total. The molecule has 0 saturated heterocycles. The number of rotatable bonds is 2. The Hall–Kier alpha value is 1.21. The molecule has 0 spiro atoms. The van der Waals surface area contributed by atoms with Crippen molar-refractivity contribution in [3.05, 3.63) is 6.42 Å². The summed E-state index contributed by atoms with van der Waals surface area (Å²) in [5.74, 6) is 0.618. The summed E-state index contributed by atoms with van der Waals surface area (Å²) in [6.07, 6.45) is 5.39. The van der Waals surface area contributed by atoms with Gasteiger partial charge in [0.15, 0.2) is 0 Å². The van der Waals surface area contributed by atoms with Gasteiger partial charge in [0, 0.05) is 32.7 Å². The third-order valence-electron chi connectivity index (χ3n) is 2.55. The fourth-order valence-electron chi connectivity index (χ4n) is 1.61. The minimum atomic E-state index is -1.87. The average molecular weight is 277 g/mol. The van der Waals surface area contributed by atoms with Crippen LogP contribution in [0.25, 0.3) is 0 Å². The van der Waals surface area contributed by atoms with Crippen molar-refractivity contribution in [1.29, 1.82) is 0 Å². The monoisotopic (exact) mass is 277 g/mol. The minimum Gasteiger partial charge on any atom is -0.772 e. The van der Waals surface area contributed by atoms with E-state index in [1.165, 1.54) is 0 Å². The molecule has 0 aromatic rings. The van der Waals surface area contributed by atoms with Crippen molar-refractivity contribution in [3.63, 3.8) is 0 Å². The van der Waals surface area contributed by atoms with E-state index in [1.54, 1.807) is 0 Å². The molecule has 0 aromatic carbocycles. The predicted molar refractivity (Wildman–Crippen MR) is 49.2 cm³/mol. The van der Waals surface area contributed by atoms with Crippen LogP contribution >= 0.6 is 0 Å². The third kappa shape index (κ3) is 5.61. The second-order valence-corrected chi connectivity index (χ2v) is 5.31. The normalized spacial score (nSPS) is 29.0. The van der Waals surface area contributed by atoms with E-state index in [0.29, 0.717) is 17.1 Å². The van der Waals surface area contributed by atoms with E-state index in [-0.39, 0.29) is 32.7 Å². The summed E-state index contributed by atoms with van der Waals surface area (Å²) >= 11 is -1.87. The zero-order chi connectivity index (χ0) is 9.19. The van der Waals surface area contributed by atoms with Crippen molar-refractivity contribution in [2.75, 3.05) is 5.75 Å². The first-order valence-corrected chi connectivity index (χ1v) is 5.63. The predicted octanol–water partition coefficient (Wildman–Crippen LogP) is 1.89. The molecule has 1 radical (unpaired) electrons. The molecule has 75 valence electrons. The first-order chi connectivity index (χ1) is 5.49. The largest absolute Gasteiger partial charge is 0.772 e. The van der Waals surface area contributed by atoms with Crippen LogP contribution in [0.5, 0.6) is 0 Å². The standard InChI is InChI=1S/C9H17O2S.Y/c1-9(2)5-3-8(4-6-9)7-12(10)11;/h3,8H,4-7H2,1-2H3,(H,10,11);/q-1;/p-1. The van der Waals surface area contributed by atoms with Gasteiger partial charge in [0.2, 0.25) is 0 Å². The van der Waals surface area contributed by atoms with Crippen LogP contribution in [0.4, 0.5) is 0 Å². The Bertz CT molecular complexity index is 172. The van der Waals surface area contributed by atoms with Crippen molar-refractivity contribution in [3.8, 4) is 0 Å². The first-order valence-electron chi connectivity index (χ1n) is 4.39. The molecule has 1 saturated carbocycles. The van der Waals surface area contributed by atoms with Crippen LogP contribution in [0.15, 0.2) is 0 Å². The molecule has 1 fully saturated rings. The molecule has 13 heavy (non-hydrogen) atoms. The zero-order valence-electron chi connectivity index (χ0n) is 8.29. The topological polar surface area (TPSA) is 40.1 Å². The Balaban J connectivity index is 0.00000144. The van der Waals surface area contributed by atoms with Crippen LogP contribution in [-0.4, -0.2) is 14.5 Å². The molecule has 0 amide bonds. The quantitative estimate of drug-likeness (QED) is 0.571. The maximum atomic E-state index is 10.4. The van der Waals surface area contributed by atoms with E-state index >= 15 is 0 Å². The number of hydrogen-bond donors (Lipinski definition) is 0. The van der Waals surface area contributed by atoms with Crippen molar-refractivity contribution >= 4 is 11.1 Å². The van der Waals surface area contributed by atoms with Gasteiger partial charge in [0.25, 0.3) is 0 Å². The molecule has 0 aliphatic heterocycles. The second kappa shape index (κ2) is 5.94. The molecular weight excluding hydrogens is 261 g/mol. The smallest absolute Gasteiger partial charge is 0 e. The molecule has 2 atom stereocenters. The first kappa shape index (κ1) is 14.2. The van der Waals surface area contributed by atoms with Crippen LogP contribution in [0.1, 0.15) is 33.1 Å². The average Bonchev–Trinajstić information content (AvgIpc) is 1.93. The molecule has 4 heteroatoms. The fraction of sp³-hybridized carbons (Fsp3) is 0.889. The van der Waals surface area contributed by atoms with Gasteiger partial charge in [0.05, 0.1) is 0 Å². The zero-order valence-corrected chi connectivity index (χ0v) is 11.9. The molecule has 0 heterocycles. The summed E-state index contributed by atoms with van der Waals surface area (Å²) in [6.45, 7) is 4.46. The molecule has 0 aromatic heterocycles. The van der Waals surface area contributed by atoms with Crippen LogP contribution in [0.3, 0.4) is 0 Å². The van der Waals surface area contributed by atoms with Crippen LogP contribution in [-0.2, 0) is 43.8 Å². The third-order valence-corrected chi connectivity index (χ3v) is 3.25. The van der Waals surface area contributed by atoms with E-state index in [2.05, 4.69) is 20.3 Å². The van der Waals surface area contributed by atoms with Gasteiger partial charge < -0.3 is 11.0 Å². The van der Waals surface area contributed by atoms with E-state index in [4.69, 9.17) is 0 Å². The van der Waals surface area contributed by atoms with Gasteiger partial charge in [-0.25, -0.2) is 0 Å². The van der Waals surface area contributed by atoms with Gasteiger partial charge in [0.1, 0.15) is 0 Å².